The standard InChI is InChI=1S/C16H20ClN3O2/c1-2-7-18-16(22)19-14-10-15(21)20(11-14)8-6-12-4-3-5-13(17)9-12/h2-5,9,14H,1,6-8,10-11H2,(H2,18,19,22). The molecule has 5 nitrogen and oxygen atoms in total. The van der Waals surface area contributed by atoms with E-state index >= 15 is 0 Å². The van der Waals surface area contributed by atoms with Gasteiger partial charge < -0.3 is 15.5 Å². The van der Waals surface area contributed by atoms with Crippen LogP contribution in [0.2, 0.25) is 5.02 Å². The monoisotopic (exact) mass is 321 g/mol. The molecule has 0 aliphatic carbocycles. The fraction of sp³-hybridized carbons (Fsp3) is 0.375. The summed E-state index contributed by atoms with van der Waals surface area (Å²) in [7, 11) is 0. The topological polar surface area (TPSA) is 61.4 Å². The summed E-state index contributed by atoms with van der Waals surface area (Å²) in [5, 5.41) is 6.14. The maximum absolute atomic E-state index is 12.0. The van der Waals surface area contributed by atoms with Crippen LogP contribution in [0.5, 0.6) is 0 Å². The van der Waals surface area contributed by atoms with Crippen molar-refractivity contribution < 1.29 is 9.59 Å². The molecule has 6 heteroatoms. The quantitative estimate of drug-likeness (QED) is 0.787. The molecule has 1 fully saturated rings. The van der Waals surface area contributed by atoms with Gasteiger partial charge in [-0.15, -0.1) is 6.58 Å². The zero-order valence-electron chi connectivity index (χ0n) is 12.3. The van der Waals surface area contributed by atoms with Crippen LogP contribution < -0.4 is 10.6 Å². The molecule has 1 aliphatic rings. The molecule has 1 atom stereocenters. The molecule has 1 unspecified atom stereocenters. The summed E-state index contributed by atoms with van der Waals surface area (Å²) in [5.74, 6) is 0.0658. The number of rotatable bonds is 6. The second kappa shape index (κ2) is 7.84. The van der Waals surface area contributed by atoms with E-state index in [9.17, 15) is 9.59 Å². The molecule has 0 radical (unpaired) electrons. The Morgan fingerprint density at radius 3 is 3.05 bits per heavy atom. The Balaban J connectivity index is 1.79. The van der Waals surface area contributed by atoms with Crippen LogP contribution in [0.25, 0.3) is 0 Å². The summed E-state index contributed by atoms with van der Waals surface area (Å²) in [6, 6.07) is 7.21. The van der Waals surface area contributed by atoms with Gasteiger partial charge in [-0.3, -0.25) is 4.79 Å². The Morgan fingerprint density at radius 2 is 2.32 bits per heavy atom. The van der Waals surface area contributed by atoms with Crippen molar-refractivity contribution in [3.8, 4) is 0 Å². The number of carbonyl (C=O) groups excluding carboxylic acids is 2. The van der Waals surface area contributed by atoms with Crippen LogP contribution in [-0.4, -0.2) is 42.5 Å². The highest BCUT2D eigenvalue weighted by Crippen LogP contribution is 2.14. The van der Waals surface area contributed by atoms with Gasteiger partial charge in [0.2, 0.25) is 5.91 Å². The van der Waals surface area contributed by atoms with Crippen molar-refractivity contribution in [1.82, 2.24) is 15.5 Å². The lowest BCUT2D eigenvalue weighted by atomic mass is 10.1. The van der Waals surface area contributed by atoms with E-state index in [1.165, 1.54) is 0 Å². The third kappa shape index (κ3) is 4.77. The predicted octanol–water partition coefficient (Wildman–Crippen LogP) is 1.97. The molecule has 2 N–H and O–H groups in total. The van der Waals surface area contributed by atoms with Crippen LogP contribution in [0.3, 0.4) is 0 Å². The lowest BCUT2D eigenvalue weighted by Crippen LogP contribution is -2.43. The van der Waals surface area contributed by atoms with E-state index in [1.54, 1.807) is 11.0 Å². The minimum Gasteiger partial charge on any atom is -0.340 e. The second-order valence-corrected chi connectivity index (χ2v) is 5.70. The second-order valence-electron chi connectivity index (χ2n) is 5.26. The van der Waals surface area contributed by atoms with Gasteiger partial charge in [-0.25, -0.2) is 4.79 Å². The van der Waals surface area contributed by atoms with Crippen LogP contribution in [0, 0.1) is 0 Å². The fourth-order valence-corrected chi connectivity index (χ4v) is 2.66. The highest BCUT2D eigenvalue weighted by Gasteiger charge is 2.30. The van der Waals surface area contributed by atoms with Crippen LogP contribution in [0.1, 0.15) is 12.0 Å². The summed E-state index contributed by atoms with van der Waals surface area (Å²) in [6.07, 6.45) is 2.70. The molecule has 0 saturated carbocycles. The Bertz CT molecular complexity index is 562. The number of halogens is 1. The van der Waals surface area contributed by atoms with Gasteiger partial charge >= 0.3 is 6.03 Å². The first kappa shape index (κ1) is 16.4. The molecule has 1 aliphatic heterocycles. The van der Waals surface area contributed by atoms with Crippen molar-refractivity contribution >= 4 is 23.5 Å². The number of benzene rings is 1. The average molecular weight is 322 g/mol. The van der Waals surface area contributed by atoms with Gasteiger partial charge in [0, 0.05) is 31.1 Å². The molecule has 1 aromatic rings. The third-order valence-corrected chi connectivity index (χ3v) is 3.75. The summed E-state index contributed by atoms with van der Waals surface area (Å²) in [5.41, 5.74) is 1.10. The number of urea groups is 1. The number of nitrogens with zero attached hydrogens (tertiary/aromatic N) is 1. The van der Waals surface area contributed by atoms with Gasteiger partial charge in [0.05, 0.1) is 6.04 Å². The summed E-state index contributed by atoms with van der Waals surface area (Å²) in [6.45, 7) is 5.11. The minimum atomic E-state index is -0.269. The van der Waals surface area contributed by atoms with Gasteiger partial charge in [-0.1, -0.05) is 29.8 Å². The van der Waals surface area contributed by atoms with Crippen molar-refractivity contribution in [3.05, 3.63) is 47.5 Å². The van der Waals surface area contributed by atoms with Gasteiger partial charge in [-0.05, 0) is 24.1 Å². The van der Waals surface area contributed by atoms with Crippen molar-refractivity contribution in [3.63, 3.8) is 0 Å². The van der Waals surface area contributed by atoms with E-state index in [-0.39, 0.29) is 18.0 Å². The van der Waals surface area contributed by atoms with Crippen molar-refractivity contribution in [1.29, 1.82) is 0 Å². The van der Waals surface area contributed by atoms with Crippen LogP contribution in [0.15, 0.2) is 36.9 Å². The summed E-state index contributed by atoms with van der Waals surface area (Å²) < 4.78 is 0. The van der Waals surface area contributed by atoms with Gasteiger partial charge in [-0.2, -0.15) is 0 Å². The molecule has 2 rings (SSSR count). The normalized spacial score (nSPS) is 17.4. The molecule has 0 spiro atoms. The zero-order valence-corrected chi connectivity index (χ0v) is 13.1. The van der Waals surface area contributed by atoms with Gasteiger partial charge in [0.25, 0.3) is 0 Å². The maximum Gasteiger partial charge on any atom is 0.315 e. The largest absolute Gasteiger partial charge is 0.340 e. The zero-order chi connectivity index (χ0) is 15.9. The lowest BCUT2D eigenvalue weighted by molar-refractivity contribution is -0.127. The van der Waals surface area contributed by atoms with Gasteiger partial charge in [0.15, 0.2) is 0 Å². The molecule has 1 saturated heterocycles. The third-order valence-electron chi connectivity index (χ3n) is 3.52. The number of likely N-dealkylation sites (tertiary alicyclic amines) is 1. The Hall–Kier alpha value is -2.01. The Kier molecular flexibility index (Phi) is 5.83. The highest BCUT2D eigenvalue weighted by molar-refractivity contribution is 6.30. The van der Waals surface area contributed by atoms with Crippen molar-refractivity contribution in [2.24, 2.45) is 0 Å². The smallest absolute Gasteiger partial charge is 0.315 e. The van der Waals surface area contributed by atoms with Crippen LogP contribution in [-0.2, 0) is 11.2 Å². The van der Waals surface area contributed by atoms with Crippen LogP contribution >= 0.6 is 11.6 Å². The van der Waals surface area contributed by atoms with Gasteiger partial charge in [0.1, 0.15) is 0 Å². The lowest BCUT2D eigenvalue weighted by Gasteiger charge is -2.17. The number of hydrogen-bond donors (Lipinski definition) is 2. The minimum absolute atomic E-state index is 0.0658. The number of hydrogen-bond acceptors (Lipinski definition) is 2. The molecule has 1 heterocycles. The molecule has 0 aromatic heterocycles. The van der Waals surface area contributed by atoms with E-state index in [1.807, 2.05) is 24.3 Å². The maximum atomic E-state index is 12.0. The van der Waals surface area contributed by atoms with E-state index in [0.29, 0.717) is 31.1 Å². The molecule has 0 bridgehead atoms. The Morgan fingerprint density at radius 1 is 1.50 bits per heavy atom. The number of amides is 3. The molecule has 22 heavy (non-hydrogen) atoms. The van der Waals surface area contributed by atoms with E-state index < -0.39 is 0 Å². The number of carbonyl (C=O) groups is 2. The van der Waals surface area contributed by atoms with E-state index in [4.69, 9.17) is 11.6 Å². The molecular weight excluding hydrogens is 302 g/mol. The number of nitrogens with one attached hydrogen (secondary N) is 2. The van der Waals surface area contributed by atoms with Crippen molar-refractivity contribution in [2.45, 2.75) is 18.9 Å². The molecule has 118 valence electrons. The van der Waals surface area contributed by atoms with Crippen LogP contribution in [0.4, 0.5) is 4.79 Å². The fourth-order valence-electron chi connectivity index (χ4n) is 2.44. The molecule has 3 amide bonds. The predicted molar refractivity (Wildman–Crippen MR) is 86.9 cm³/mol. The highest BCUT2D eigenvalue weighted by atomic mass is 35.5. The Labute approximate surface area is 135 Å². The van der Waals surface area contributed by atoms with E-state index in [2.05, 4.69) is 17.2 Å². The molecule has 1 aromatic carbocycles. The first-order valence-corrected chi connectivity index (χ1v) is 7.63. The first-order chi connectivity index (χ1) is 10.6. The summed E-state index contributed by atoms with van der Waals surface area (Å²) in [4.78, 5) is 25.3. The SMILES string of the molecule is C=CCNC(=O)NC1CC(=O)N(CCc2cccc(Cl)c2)C1. The molecular formula is C16H20ClN3O2. The van der Waals surface area contributed by atoms with E-state index in [0.717, 1.165) is 12.0 Å². The average Bonchev–Trinajstić information content (AvgIpc) is 2.83. The first-order valence-electron chi connectivity index (χ1n) is 7.26. The van der Waals surface area contributed by atoms with Crippen molar-refractivity contribution in [2.75, 3.05) is 19.6 Å². The summed E-state index contributed by atoms with van der Waals surface area (Å²) >= 11 is 5.95.